The Balaban J connectivity index is 0.00000210. The van der Waals surface area contributed by atoms with E-state index in [2.05, 4.69) is 43.6 Å². The van der Waals surface area contributed by atoms with Crippen LogP contribution in [0.25, 0.3) is 10.1 Å². The molecule has 2 aromatic rings. The van der Waals surface area contributed by atoms with Gasteiger partial charge in [-0.3, -0.25) is 14.8 Å². The van der Waals surface area contributed by atoms with Crippen LogP contribution in [0.5, 0.6) is 0 Å². The van der Waals surface area contributed by atoms with Crippen LogP contribution in [0.4, 0.5) is 0 Å². The molecule has 0 amide bonds. The molecule has 0 radical (unpaired) electrons. The van der Waals surface area contributed by atoms with Crippen LogP contribution < -0.4 is 10.6 Å². The van der Waals surface area contributed by atoms with Gasteiger partial charge in [0.15, 0.2) is 5.96 Å². The number of nitrogens with zero attached hydrogens (tertiary/aromatic N) is 3. The Bertz CT molecular complexity index is 741. The molecule has 2 unspecified atom stereocenters. The minimum Gasteiger partial charge on any atom is -0.386 e. The summed E-state index contributed by atoms with van der Waals surface area (Å²) in [5, 5.41) is 18.4. The van der Waals surface area contributed by atoms with Crippen molar-refractivity contribution in [2.45, 2.75) is 12.1 Å². The van der Waals surface area contributed by atoms with Gasteiger partial charge in [-0.15, -0.1) is 35.3 Å². The maximum atomic E-state index is 10.5. The Morgan fingerprint density at radius 3 is 2.70 bits per heavy atom. The van der Waals surface area contributed by atoms with Crippen LogP contribution >= 0.6 is 35.3 Å². The fourth-order valence-corrected chi connectivity index (χ4v) is 4.86. The number of benzene rings is 1. The molecule has 5 rings (SSSR count). The van der Waals surface area contributed by atoms with Crippen LogP contribution in [-0.2, 0) is 0 Å². The Kier molecular flexibility index (Phi) is 7.32. The molecule has 0 aliphatic carbocycles. The molecule has 1 aromatic carbocycles. The molecule has 2 atom stereocenters. The van der Waals surface area contributed by atoms with E-state index in [1.54, 1.807) is 18.4 Å². The van der Waals surface area contributed by atoms with Gasteiger partial charge >= 0.3 is 0 Å². The summed E-state index contributed by atoms with van der Waals surface area (Å²) in [6.07, 6.45) is -0.536. The number of piperazine rings is 3. The van der Waals surface area contributed by atoms with E-state index in [9.17, 15) is 5.11 Å². The van der Waals surface area contributed by atoms with Gasteiger partial charge in [0.2, 0.25) is 0 Å². The highest BCUT2D eigenvalue weighted by Gasteiger charge is 2.31. The minimum absolute atomic E-state index is 0. The number of aliphatic hydroxyl groups excluding tert-OH is 1. The molecule has 0 saturated carbocycles. The summed E-state index contributed by atoms with van der Waals surface area (Å²) >= 11 is 1.65. The molecule has 3 aliphatic rings. The molecular formula is C19H28IN5OS. The third-order valence-corrected chi connectivity index (χ3v) is 6.57. The molecular weight excluding hydrogens is 473 g/mol. The van der Waals surface area contributed by atoms with Crippen molar-refractivity contribution in [2.75, 3.05) is 52.9 Å². The molecule has 2 bridgehead atoms. The second-order valence-electron chi connectivity index (χ2n) is 7.03. The third kappa shape index (κ3) is 4.92. The minimum atomic E-state index is -0.536. The standard InChI is InChI=1S/C19H27N5OS.HI/c1-20-19(21-11-15-13-23-6-8-24(15)9-7-23)22-12-16(25)18-10-14-4-2-3-5-17(14)26-18;/h2-5,10,15-16,25H,6-9,11-13H2,1H3,(H2,20,21,22);1H. The topological polar surface area (TPSA) is 63.1 Å². The summed E-state index contributed by atoms with van der Waals surface area (Å²) < 4.78 is 1.21. The largest absolute Gasteiger partial charge is 0.386 e. The highest BCUT2D eigenvalue weighted by Crippen LogP contribution is 2.29. The van der Waals surface area contributed by atoms with Crippen molar-refractivity contribution in [3.8, 4) is 0 Å². The SMILES string of the molecule is CN=C(NCC(O)c1cc2ccccc2s1)NCC1CN2CCN1CC2.I. The van der Waals surface area contributed by atoms with Crippen molar-refractivity contribution in [1.29, 1.82) is 0 Å². The molecule has 1 aromatic heterocycles. The highest BCUT2D eigenvalue weighted by atomic mass is 127. The van der Waals surface area contributed by atoms with Gasteiger partial charge < -0.3 is 15.7 Å². The van der Waals surface area contributed by atoms with Gasteiger partial charge in [-0.05, 0) is 17.5 Å². The lowest BCUT2D eigenvalue weighted by Gasteiger charge is -2.47. The van der Waals surface area contributed by atoms with Gasteiger partial charge in [-0.1, -0.05) is 18.2 Å². The first-order chi connectivity index (χ1) is 12.7. The zero-order valence-corrected chi connectivity index (χ0v) is 18.7. The van der Waals surface area contributed by atoms with Crippen molar-refractivity contribution in [3.05, 3.63) is 35.2 Å². The first kappa shape index (κ1) is 20.8. The second kappa shape index (κ2) is 9.51. The van der Waals surface area contributed by atoms with Crippen LogP contribution in [0.3, 0.4) is 0 Å². The molecule has 4 heterocycles. The number of guanidine groups is 1. The Morgan fingerprint density at radius 2 is 2.04 bits per heavy atom. The van der Waals surface area contributed by atoms with E-state index in [0.717, 1.165) is 23.9 Å². The van der Waals surface area contributed by atoms with Crippen LogP contribution in [0.15, 0.2) is 35.3 Å². The van der Waals surface area contributed by atoms with Crippen LogP contribution in [0.1, 0.15) is 11.0 Å². The van der Waals surface area contributed by atoms with E-state index in [1.165, 1.54) is 36.3 Å². The number of rotatable bonds is 5. The number of hydrogen-bond donors (Lipinski definition) is 3. The smallest absolute Gasteiger partial charge is 0.191 e. The van der Waals surface area contributed by atoms with Gasteiger partial charge in [0.05, 0.1) is 0 Å². The fraction of sp³-hybridized carbons (Fsp3) is 0.526. The maximum absolute atomic E-state index is 10.5. The van der Waals surface area contributed by atoms with E-state index >= 15 is 0 Å². The Morgan fingerprint density at radius 1 is 1.26 bits per heavy atom. The van der Waals surface area contributed by atoms with Gasteiger partial charge in [-0.25, -0.2) is 0 Å². The Labute approximate surface area is 181 Å². The monoisotopic (exact) mass is 501 g/mol. The number of halogens is 1. The summed E-state index contributed by atoms with van der Waals surface area (Å²) in [6, 6.07) is 10.8. The molecule has 0 spiro atoms. The van der Waals surface area contributed by atoms with Crippen molar-refractivity contribution in [1.82, 2.24) is 20.4 Å². The lowest BCUT2D eigenvalue weighted by molar-refractivity contribution is 0.0154. The number of aliphatic imine (C=N–C) groups is 1. The van der Waals surface area contributed by atoms with Gasteiger partial charge in [-0.2, -0.15) is 0 Å². The lowest BCUT2D eigenvalue weighted by atomic mass is 10.1. The average molecular weight is 501 g/mol. The van der Waals surface area contributed by atoms with Gasteiger partial charge in [0.25, 0.3) is 0 Å². The highest BCUT2D eigenvalue weighted by molar-refractivity contribution is 14.0. The fourth-order valence-electron chi connectivity index (χ4n) is 3.81. The summed E-state index contributed by atoms with van der Waals surface area (Å²) in [6.45, 7) is 7.21. The number of fused-ring (bicyclic) bond motifs is 4. The van der Waals surface area contributed by atoms with Gasteiger partial charge in [0.1, 0.15) is 6.10 Å². The number of hydrogen-bond acceptors (Lipinski definition) is 5. The summed E-state index contributed by atoms with van der Waals surface area (Å²) in [7, 11) is 1.78. The molecule has 148 valence electrons. The van der Waals surface area contributed by atoms with E-state index in [0.29, 0.717) is 12.6 Å². The first-order valence-electron chi connectivity index (χ1n) is 9.30. The predicted octanol–water partition coefficient (Wildman–Crippen LogP) is 1.72. The maximum Gasteiger partial charge on any atom is 0.191 e. The van der Waals surface area contributed by atoms with Crippen LogP contribution in [0.2, 0.25) is 0 Å². The average Bonchev–Trinajstić information content (AvgIpc) is 3.13. The molecule has 3 aliphatic heterocycles. The second-order valence-corrected chi connectivity index (χ2v) is 8.14. The van der Waals surface area contributed by atoms with Crippen molar-refractivity contribution < 1.29 is 5.11 Å². The summed E-state index contributed by atoms with van der Waals surface area (Å²) in [4.78, 5) is 10.4. The zero-order valence-electron chi connectivity index (χ0n) is 15.6. The quantitative estimate of drug-likeness (QED) is 0.331. The van der Waals surface area contributed by atoms with Crippen LogP contribution in [-0.4, -0.2) is 79.8 Å². The van der Waals surface area contributed by atoms with Crippen molar-refractivity contribution in [2.24, 2.45) is 4.99 Å². The molecule has 8 heteroatoms. The van der Waals surface area contributed by atoms with Crippen LogP contribution in [0, 0.1) is 0 Å². The zero-order chi connectivity index (χ0) is 17.9. The van der Waals surface area contributed by atoms with Gasteiger partial charge in [0, 0.05) is 68.5 Å². The molecule has 3 fully saturated rings. The van der Waals surface area contributed by atoms with E-state index in [1.807, 2.05) is 12.1 Å². The predicted molar refractivity (Wildman–Crippen MR) is 123 cm³/mol. The molecule has 3 N–H and O–H groups in total. The third-order valence-electron chi connectivity index (χ3n) is 5.36. The van der Waals surface area contributed by atoms with Crippen molar-refractivity contribution in [3.63, 3.8) is 0 Å². The van der Waals surface area contributed by atoms with E-state index in [-0.39, 0.29) is 24.0 Å². The Hall–Kier alpha value is -0.940. The summed E-state index contributed by atoms with van der Waals surface area (Å²) in [5.41, 5.74) is 0. The van der Waals surface area contributed by atoms with Crippen molar-refractivity contribution >= 4 is 51.4 Å². The number of aliphatic hydroxyl groups is 1. The van der Waals surface area contributed by atoms with E-state index < -0.39 is 6.10 Å². The number of thiophene rings is 1. The summed E-state index contributed by atoms with van der Waals surface area (Å²) in [5.74, 6) is 0.753. The first-order valence-corrected chi connectivity index (χ1v) is 10.1. The molecule has 27 heavy (non-hydrogen) atoms. The molecule has 6 nitrogen and oxygen atoms in total. The van der Waals surface area contributed by atoms with E-state index in [4.69, 9.17) is 0 Å². The normalized spacial score (nSPS) is 25.9. The molecule has 3 saturated heterocycles. The lowest BCUT2D eigenvalue weighted by Crippen LogP contribution is -2.63. The number of nitrogens with one attached hydrogen (secondary N) is 2.